The SMILES string of the molecule is c1ccc(-c2ccc(-c3nc(-c4ccccc4)nc(-n4c5ccccc5c5ccc6c7ccccc7n(-c7ccccc7-c7nc8ccccc8s7)c6c54)n3)cc2)cc1. The van der Waals surface area contributed by atoms with Crippen LogP contribution < -0.4 is 0 Å². The van der Waals surface area contributed by atoms with E-state index in [9.17, 15) is 0 Å². The van der Waals surface area contributed by atoms with Gasteiger partial charge in [0.2, 0.25) is 5.95 Å². The van der Waals surface area contributed by atoms with Crippen molar-refractivity contribution in [2.45, 2.75) is 0 Å². The van der Waals surface area contributed by atoms with Gasteiger partial charge in [0.1, 0.15) is 5.01 Å². The van der Waals surface area contributed by atoms with Crippen molar-refractivity contribution in [3.63, 3.8) is 0 Å². The van der Waals surface area contributed by atoms with Crippen LogP contribution in [0.2, 0.25) is 0 Å². The van der Waals surface area contributed by atoms with E-state index in [0.717, 1.165) is 87.0 Å². The average Bonchev–Trinajstić information content (AvgIpc) is 4.00. The molecule has 6 nitrogen and oxygen atoms in total. The molecule has 0 aliphatic heterocycles. The van der Waals surface area contributed by atoms with E-state index in [1.165, 1.54) is 5.39 Å². The Balaban J connectivity index is 1.17. The predicted molar refractivity (Wildman–Crippen MR) is 243 cm³/mol. The molecule has 0 amide bonds. The van der Waals surface area contributed by atoms with Crippen molar-refractivity contribution >= 4 is 65.2 Å². The minimum Gasteiger partial charge on any atom is -0.306 e. The fourth-order valence-corrected chi connectivity index (χ4v) is 9.55. The van der Waals surface area contributed by atoms with Gasteiger partial charge in [0.25, 0.3) is 0 Å². The first-order valence-corrected chi connectivity index (χ1v) is 20.5. The van der Waals surface area contributed by atoms with Crippen molar-refractivity contribution in [1.29, 1.82) is 0 Å². The topological polar surface area (TPSA) is 61.4 Å². The molecule has 276 valence electrons. The van der Waals surface area contributed by atoms with Crippen LogP contribution in [0.3, 0.4) is 0 Å². The summed E-state index contributed by atoms with van der Waals surface area (Å²) in [5.74, 6) is 1.77. The summed E-state index contributed by atoms with van der Waals surface area (Å²) < 4.78 is 5.84. The van der Waals surface area contributed by atoms with Crippen molar-refractivity contribution in [3.05, 3.63) is 194 Å². The lowest BCUT2D eigenvalue weighted by Crippen LogP contribution is -2.07. The standard InChI is InChI=1S/C52H32N6S/c1-3-15-33(16-4-1)34-27-29-36(30-28-34)50-54-49(35-17-5-2-6-18-35)55-52(56-50)58-44-24-12-8-20-38(44)40-32-31-39-37-19-7-11-23-43(37)57(47(39)48(40)58)45-25-13-9-21-41(45)51-53-42-22-10-14-26-46(42)59-51/h1-32H. The predicted octanol–water partition coefficient (Wildman–Crippen LogP) is 13.3. The zero-order chi connectivity index (χ0) is 38.9. The second kappa shape index (κ2) is 13.4. The maximum atomic E-state index is 5.35. The Kier molecular flexibility index (Phi) is 7.61. The molecular weight excluding hydrogens is 741 g/mol. The van der Waals surface area contributed by atoms with Gasteiger partial charge in [-0.3, -0.25) is 4.57 Å². The number of hydrogen-bond donors (Lipinski definition) is 0. The lowest BCUT2D eigenvalue weighted by atomic mass is 10.0. The Bertz CT molecular complexity index is 3510. The summed E-state index contributed by atoms with van der Waals surface area (Å²) in [5, 5.41) is 5.53. The molecule has 8 aromatic carbocycles. The zero-order valence-electron chi connectivity index (χ0n) is 31.6. The van der Waals surface area contributed by atoms with E-state index in [1.807, 2.05) is 24.3 Å². The molecule has 0 spiro atoms. The number of thiazole rings is 1. The van der Waals surface area contributed by atoms with Crippen molar-refractivity contribution in [1.82, 2.24) is 29.1 Å². The third-order valence-corrected chi connectivity index (χ3v) is 12.3. The number of benzene rings is 8. The van der Waals surface area contributed by atoms with Gasteiger partial charge in [0, 0.05) is 38.2 Å². The van der Waals surface area contributed by atoms with Crippen LogP contribution in [0.15, 0.2) is 194 Å². The number of rotatable bonds is 6. The number of aromatic nitrogens is 6. The first-order valence-electron chi connectivity index (χ1n) is 19.7. The van der Waals surface area contributed by atoms with E-state index >= 15 is 0 Å². The molecule has 0 saturated heterocycles. The molecule has 0 aliphatic rings. The summed E-state index contributed by atoms with van der Waals surface area (Å²) in [6, 6.07) is 67.9. The Morgan fingerprint density at radius 1 is 0.356 bits per heavy atom. The third kappa shape index (κ3) is 5.40. The minimum atomic E-state index is 0.552. The summed E-state index contributed by atoms with van der Waals surface area (Å²) in [4.78, 5) is 20.9. The molecule has 0 aliphatic carbocycles. The highest BCUT2D eigenvalue weighted by molar-refractivity contribution is 7.21. The Labute approximate surface area is 343 Å². The number of fused-ring (bicyclic) bond motifs is 8. The highest BCUT2D eigenvalue weighted by atomic mass is 32.1. The molecule has 0 fully saturated rings. The second-order valence-corrected chi connectivity index (χ2v) is 15.7. The normalized spacial score (nSPS) is 11.7. The van der Waals surface area contributed by atoms with E-state index in [0.29, 0.717) is 17.6 Å². The van der Waals surface area contributed by atoms with E-state index in [1.54, 1.807) is 11.3 Å². The maximum absolute atomic E-state index is 5.35. The summed E-state index contributed by atoms with van der Waals surface area (Å²) in [7, 11) is 0. The molecule has 12 rings (SSSR count). The fourth-order valence-electron chi connectivity index (χ4n) is 8.55. The van der Waals surface area contributed by atoms with Crippen LogP contribution in [0.5, 0.6) is 0 Å². The number of nitrogens with zero attached hydrogens (tertiary/aromatic N) is 6. The largest absolute Gasteiger partial charge is 0.306 e. The van der Waals surface area contributed by atoms with Crippen molar-refractivity contribution in [3.8, 4) is 56.1 Å². The molecule has 59 heavy (non-hydrogen) atoms. The fraction of sp³-hybridized carbons (Fsp3) is 0. The second-order valence-electron chi connectivity index (χ2n) is 14.7. The van der Waals surface area contributed by atoms with Gasteiger partial charge >= 0.3 is 0 Å². The number of para-hydroxylation sites is 4. The van der Waals surface area contributed by atoms with Crippen molar-refractivity contribution in [2.24, 2.45) is 0 Å². The van der Waals surface area contributed by atoms with E-state index in [2.05, 4.69) is 179 Å². The summed E-state index contributed by atoms with van der Waals surface area (Å²) in [5.41, 5.74) is 11.5. The van der Waals surface area contributed by atoms with E-state index < -0.39 is 0 Å². The molecule has 0 saturated carbocycles. The smallest absolute Gasteiger partial charge is 0.238 e. The third-order valence-electron chi connectivity index (χ3n) is 11.2. The number of hydrogen-bond acceptors (Lipinski definition) is 5. The molecule has 0 radical (unpaired) electrons. The van der Waals surface area contributed by atoms with Gasteiger partial charge in [0.15, 0.2) is 11.6 Å². The Hall–Kier alpha value is -7.74. The average molecular weight is 773 g/mol. The van der Waals surface area contributed by atoms with Gasteiger partial charge in [-0.1, -0.05) is 158 Å². The van der Waals surface area contributed by atoms with Crippen LogP contribution in [-0.2, 0) is 0 Å². The molecule has 0 bridgehead atoms. The molecule has 7 heteroatoms. The highest BCUT2D eigenvalue weighted by Gasteiger charge is 2.25. The van der Waals surface area contributed by atoms with Crippen LogP contribution >= 0.6 is 11.3 Å². The maximum Gasteiger partial charge on any atom is 0.238 e. The first-order chi connectivity index (χ1) is 29.3. The Morgan fingerprint density at radius 3 is 1.56 bits per heavy atom. The quantitative estimate of drug-likeness (QED) is 0.169. The zero-order valence-corrected chi connectivity index (χ0v) is 32.4. The van der Waals surface area contributed by atoms with E-state index in [-0.39, 0.29) is 0 Å². The van der Waals surface area contributed by atoms with Crippen LogP contribution in [0.4, 0.5) is 0 Å². The summed E-state index contributed by atoms with van der Waals surface area (Å²) in [6.45, 7) is 0. The molecule has 0 atom stereocenters. The van der Waals surface area contributed by atoms with Gasteiger partial charge in [-0.15, -0.1) is 11.3 Å². The summed E-state index contributed by atoms with van der Waals surface area (Å²) >= 11 is 1.72. The van der Waals surface area contributed by atoms with Crippen molar-refractivity contribution < 1.29 is 0 Å². The highest BCUT2D eigenvalue weighted by Crippen LogP contribution is 2.44. The van der Waals surface area contributed by atoms with Gasteiger partial charge in [-0.25, -0.2) is 9.97 Å². The van der Waals surface area contributed by atoms with Gasteiger partial charge in [0.05, 0.1) is 38.0 Å². The molecule has 4 heterocycles. The monoisotopic (exact) mass is 772 g/mol. The van der Waals surface area contributed by atoms with Crippen LogP contribution in [0.1, 0.15) is 0 Å². The molecule has 0 N–H and O–H groups in total. The van der Waals surface area contributed by atoms with E-state index in [4.69, 9.17) is 19.9 Å². The molecular formula is C52H32N6S. The van der Waals surface area contributed by atoms with Crippen LogP contribution in [0.25, 0.3) is 110 Å². The van der Waals surface area contributed by atoms with Crippen LogP contribution in [0, 0.1) is 0 Å². The van der Waals surface area contributed by atoms with Gasteiger partial charge < -0.3 is 4.57 Å². The van der Waals surface area contributed by atoms with Gasteiger partial charge in [-0.2, -0.15) is 9.97 Å². The lowest BCUT2D eigenvalue weighted by Gasteiger charge is -2.15. The molecule has 4 aromatic heterocycles. The Morgan fingerprint density at radius 2 is 0.864 bits per heavy atom. The molecule has 12 aromatic rings. The summed E-state index contributed by atoms with van der Waals surface area (Å²) in [6.07, 6.45) is 0. The lowest BCUT2D eigenvalue weighted by molar-refractivity contribution is 0.953. The van der Waals surface area contributed by atoms with Gasteiger partial charge in [-0.05, 0) is 47.5 Å². The van der Waals surface area contributed by atoms with Crippen molar-refractivity contribution in [2.75, 3.05) is 0 Å². The van der Waals surface area contributed by atoms with Crippen LogP contribution in [-0.4, -0.2) is 29.1 Å². The minimum absolute atomic E-state index is 0.552. The first kappa shape index (κ1) is 33.4. The molecule has 0 unspecified atom stereocenters.